The molecule has 1 fully saturated rings. The van der Waals surface area contributed by atoms with Gasteiger partial charge in [-0.05, 0) is 65.9 Å². The summed E-state index contributed by atoms with van der Waals surface area (Å²) in [5.41, 5.74) is 2.02. The summed E-state index contributed by atoms with van der Waals surface area (Å²) in [5, 5.41) is 13.0. The van der Waals surface area contributed by atoms with Gasteiger partial charge in [-0.1, -0.05) is 11.6 Å². The highest BCUT2D eigenvalue weighted by molar-refractivity contribution is 7.07. The van der Waals surface area contributed by atoms with Gasteiger partial charge in [0, 0.05) is 23.0 Å². The zero-order valence-corrected chi connectivity index (χ0v) is 15.7. The molecule has 26 heavy (non-hydrogen) atoms. The van der Waals surface area contributed by atoms with Crippen molar-refractivity contribution in [3.05, 3.63) is 57.6 Å². The van der Waals surface area contributed by atoms with Gasteiger partial charge < -0.3 is 9.32 Å². The van der Waals surface area contributed by atoms with Crippen LogP contribution in [0.2, 0.25) is 5.02 Å². The Morgan fingerprint density at radius 1 is 1.23 bits per heavy atom. The van der Waals surface area contributed by atoms with Crippen molar-refractivity contribution in [2.24, 2.45) is 0 Å². The first-order valence-electron chi connectivity index (χ1n) is 8.58. The number of nitrogens with zero attached hydrogens (tertiary/aromatic N) is 3. The van der Waals surface area contributed by atoms with E-state index < -0.39 is 0 Å². The van der Waals surface area contributed by atoms with Gasteiger partial charge in [0.25, 0.3) is 0 Å². The zero-order chi connectivity index (χ0) is 17.9. The lowest BCUT2D eigenvalue weighted by Gasteiger charge is -2.20. The highest BCUT2D eigenvalue weighted by Gasteiger charge is 2.33. The van der Waals surface area contributed by atoms with Crippen molar-refractivity contribution in [1.29, 1.82) is 0 Å². The smallest absolute Gasteiger partial charge is 0.247 e. The van der Waals surface area contributed by atoms with Crippen LogP contribution in [0.25, 0.3) is 11.5 Å². The van der Waals surface area contributed by atoms with E-state index in [2.05, 4.69) is 21.6 Å². The standard InChI is InChI=1S/C19H18ClN3O2S/c20-15-4-2-14(3-5-15)19-22-21-17(25-19)11-23(16-6-7-16)18(24)8-1-13-9-10-26-12-13/h2-5,9-10,12,16H,1,6-8,11H2. The van der Waals surface area contributed by atoms with Crippen molar-refractivity contribution in [3.63, 3.8) is 0 Å². The first kappa shape index (κ1) is 17.2. The molecule has 4 rings (SSSR count). The fourth-order valence-electron chi connectivity index (χ4n) is 2.81. The highest BCUT2D eigenvalue weighted by Crippen LogP contribution is 2.30. The van der Waals surface area contributed by atoms with Crippen LogP contribution in [0.1, 0.15) is 30.7 Å². The number of thiophene rings is 1. The Hall–Kier alpha value is -2.18. The summed E-state index contributed by atoms with van der Waals surface area (Å²) in [5.74, 6) is 1.05. The third-order valence-corrected chi connectivity index (χ3v) is 5.36. The molecule has 0 N–H and O–H groups in total. The van der Waals surface area contributed by atoms with E-state index in [0.29, 0.717) is 35.8 Å². The number of aryl methyl sites for hydroxylation is 1. The molecule has 0 radical (unpaired) electrons. The molecule has 0 saturated heterocycles. The summed E-state index contributed by atoms with van der Waals surface area (Å²) < 4.78 is 5.76. The summed E-state index contributed by atoms with van der Waals surface area (Å²) in [7, 11) is 0. The average molecular weight is 388 g/mol. The number of aromatic nitrogens is 2. The fraction of sp³-hybridized carbons (Fsp3) is 0.316. The van der Waals surface area contributed by atoms with Gasteiger partial charge in [0.1, 0.15) is 0 Å². The summed E-state index contributed by atoms with van der Waals surface area (Å²) in [4.78, 5) is 14.5. The van der Waals surface area contributed by atoms with Crippen LogP contribution >= 0.6 is 22.9 Å². The van der Waals surface area contributed by atoms with Crippen LogP contribution in [-0.2, 0) is 17.8 Å². The van der Waals surface area contributed by atoms with E-state index in [9.17, 15) is 4.79 Å². The van der Waals surface area contributed by atoms with Crippen molar-refractivity contribution in [1.82, 2.24) is 15.1 Å². The molecule has 0 aliphatic heterocycles. The van der Waals surface area contributed by atoms with Gasteiger partial charge in [-0.2, -0.15) is 11.3 Å². The lowest BCUT2D eigenvalue weighted by atomic mass is 10.2. The molecular weight excluding hydrogens is 370 g/mol. The third-order valence-electron chi connectivity index (χ3n) is 4.38. The van der Waals surface area contributed by atoms with Crippen LogP contribution in [0.15, 0.2) is 45.5 Å². The van der Waals surface area contributed by atoms with Gasteiger partial charge in [-0.3, -0.25) is 4.79 Å². The summed E-state index contributed by atoms with van der Waals surface area (Å²) in [6, 6.07) is 9.61. The Balaban J connectivity index is 1.42. The SMILES string of the molecule is O=C(CCc1ccsc1)N(Cc1nnc(-c2ccc(Cl)cc2)o1)C1CC1. The fourth-order valence-corrected chi connectivity index (χ4v) is 3.64. The highest BCUT2D eigenvalue weighted by atomic mass is 35.5. The second-order valence-corrected chi connectivity index (χ2v) is 7.61. The van der Waals surface area contributed by atoms with Crippen molar-refractivity contribution in [3.8, 4) is 11.5 Å². The molecule has 3 aromatic rings. The van der Waals surface area contributed by atoms with Gasteiger partial charge in [0.05, 0.1) is 6.54 Å². The van der Waals surface area contributed by atoms with E-state index in [1.807, 2.05) is 22.4 Å². The first-order valence-corrected chi connectivity index (χ1v) is 9.90. The minimum atomic E-state index is 0.143. The largest absolute Gasteiger partial charge is 0.419 e. The number of carbonyl (C=O) groups is 1. The van der Waals surface area contributed by atoms with Crippen molar-refractivity contribution >= 4 is 28.8 Å². The molecular formula is C19H18ClN3O2S. The molecule has 2 heterocycles. The minimum Gasteiger partial charge on any atom is -0.419 e. The van der Waals surface area contributed by atoms with Gasteiger partial charge in [-0.25, -0.2) is 0 Å². The first-order chi connectivity index (χ1) is 12.7. The number of rotatable bonds is 7. The lowest BCUT2D eigenvalue weighted by molar-refractivity contribution is -0.132. The maximum Gasteiger partial charge on any atom is 0.247 e. The van der Waals surface area contributed by atoms with Crippen LogP contribution in [0.4, 0.5) is 0 Å². The quantitative estimate of drug-likeness (QED) is 0.595. The Bertz CT molecular complexity index is 873. The second-order valence-electron chi connectivity index (χ2n) is 6.39. The Morgan fingerprint density at radius 3 is 2.73 bits per heavy atom. The van der Waals surface area contributed by atoms with Gasteiger partial charge >= 0.3 is 0 Å². The maximum absolute atomic E-state index is 12.7. The maximum atomic E-state index is 12.7. The van der Waals surface area contributed by atoms with E-state index in [0.717, 1.165) is 24.8 Å². The van der Waals surface area contributed by atoms with E-state index in [4.69, 9.17) is 16.0 Å². The lowest BCUT2D eigenvalue weighted by Crippen LogP contribution is -2.32. The van der Waals surface area contributed by atoms with Crippen molar-refractivity contribution in [2.45, 2.75) is 38.3 Å². The van der Waals surface area contributed by atoms with Crippen LogP contribution in [0, 0.1) is 0 Å². The predicted molar refractivity (Wildman–Crippen MR) is 101 cm³/mol. The topological polar surface area (TPSA) is 59.2 Å². The van der Waals surface area contributed by atoms with Crippen molar-refractivity contribution < 1.29 is 9.21 Å². The number of hydrogen-bond acceptors (Lipinski definition) is 5. The molecule has 0 unspecified atom stereocenters. The van der Waals surface area contributed by atoms with Crippen LogP contribution in [0.5, 0.6) is 0 Å². The molecule has 2 aromatic heterocycles. The number of amides is 1. The van der Waals surface area contributed by atoms with E-state index >= 15 is 0 Å². The molecule has 1 amide bonds. The van der Waals surface area contributed by atoms with Gasteiger partial charge in [-0.15, -0.1) is 10.2 Å². The number of halogens is 1. The third kappa shape index (κ3) is 4.14. The molecule has 1 aliphatic rings. The molecule has 7 heteroatoms. The predicted octanol–water partition coefficient (Wildman–Crippen LogP) is 4.58. The monoisotopic (exact) mass is 387 g/mol. The normalized spacial score (nSPS) is 13.7. The molecule has 0 spiro atoms. The summed E-state index contributed by atoms with van der Waals surface area (Å²) >= 11 is 7.56. The molecule has 1 aromatic carbocycles. The molecule has 1 saturated carbocycles. The van der Waals surface area contributed by atoms with Gasteiger partial charge in [0.2, 0.25) is 17.7 Å². The second kappa shape index (κ2) is 7.60. The molecule has 134 valence electrons. The summed E-state index contributed by atoms with van der Waals surface area (Å²) in [6.07, 6.45) is 3.36. The van der Waals surface area contributed by atoms with Crippen LogP contribution < -0.4 is 0 Å². The van der Waals surface area contributed by atoms with E-state index in [1.54, 1.807) is 23.5 Å². The number of carbonyl (C=O) groups excluding carboxylic acids is 1. The molecule has 1 aliphatic carbocycles. The van der Waals surface area contributed by atoms with E-state index in [1.165, 1.54) is 5.56 Å². The molecule has 5 nitrogen and oxygen atoms in total. The van der Waals surface area contributed by atoms with E-state index in [-0.39, 0.29) is 5.91 Å². The zero-order valence-electron chi connectivity index (χ0n) is 14.1. The Morgan fingerprint density at radius 2 is 2.04 bits per heavy atom. The van der Waals surface area contributed by atoms with Crippen LogP contribution in [-0.4, -0.2) is 27.0 Å². The van der Waals surface area contributed by atoms with Crippen LogP contribution in [0.3, 0.4) is 0 Å². The number of benzene rings is 1. The van der Waals surface area contributed by atoms with Crippen molar-refractivity contribution in [2.75, 3.05) is 0 Å². The Labute approximate surface area is 160 Å². The average Bonchev–Trinajstić information content (AvgIpc) is 3.16. The van der Waals surface area contributed by atoms with Gasteiger partial charge in [0.15, 0.2) is 0 Å². The Kier molecular flexibility index (Phi) is 5.04. The molecule has 0 atom stereocenters. The summed E-state index contributed by atoms with van der Waals surface area (Å²) in [6.45, 7) is 0.369. The molecule has 0 bridgehead atoms. The number of hydrogen-bond donors (Lipinski definition) is 0. The minimum absolute atomic E-state index is 0.143.